The van der Waals surface area contributed by atoms with E-state index in [1.165, 1.54) is 45.2 Å². The molecule has 0 atom stereocenters. The summed E-state index contributed by atoms with van der Waals surface area (Å²) in [4.78, 5) is 9.51. The van der Waals surface area contributed by atoms with Crippen molar-refractivity contribution in [3.63, 3.8) is 0 Å². The minimum Gasteiger partial charge on any atom is -0.355 e. The van der Waals surface area contributed by atoms with E-state index in [0.29, 0.717) is 5.88 Å². The highest BCUT2D eigenvalue weighted by atomic mass is 35.5. The monoisotopic (exact) mass is 327 g/mol. The van der Waals surface area contributed by atoms with Crippen LogP contribution in [0.5, 0.6) is 0 Å². The number of pyridine rings is 1. The third-order valence-electron chi connectivity index (χ3n) is 4.70. The van der Waals surface area contributed by atoms with Crippen LogP contribution >= 0.6 is 23.2 Å². The van der Waals surface area contributed by atoms with Gasteiger partial charge >= 0.3 is 0 Å². The van der Waals surface area contributed by atoms with Crippen LogP contribution < -0.4 is 4.90 Å². The fraction of sp³-hybridized carbons (Fsp3) is 0.688. The first-order valence-electron chi connectivity index (χ1n) is 7.97. The molecule has 0 amide bonds. The topological polar surface area (TPSA) is 19.4 Å². The molecule has 3 heterocycles. The maximum absolute atomic E-state index is 6.35. The molecule has 0 N–H and O–H groups in total. The molecule has 0 spiro atoms. The van der Waals surface area contributed by atoms with Gasteiger partial charge in [0.2, 0.25) is 0 Å². The second kappa shape index (κ2) is 7.17. The minimum atomic E-state index is 0.462. The van der Waals surface area contributed by atoms with Crippen LogP contribution in [0.3, 0.4) is 0 Å². The van der Waals surface area contributed by atoms with Gasteiger partial charge in [0.15, 0.2) is 0 Å². The zero-order chi connectivity index (χ0) is 14.7. The lowest BCUT2D eigenvalue weighted by atomic mass is 10.00. The van der Waals surface area contributed by atoms with E-state index in [0.717, 1.165) is 35.5 Å². The highest BCUT2D eigenvalue weighted by molar-refractivity contribution is 6.33. The SMILES string of the molecule is ClCc1cnc(N2CCC(N3CCCCC3)CC2)c(Cl)c1. The Labute approximate surface area is 137 Å². The van der Waals surface area contributed by atoms with Crippen LogP contribution in [0.2, 0.25) is 5.02 Å². The van der Waals surface area contributed by atoms with Gasteiger partial charge in [0, 0.05) is 31.2 Å². The molecular formula is C16H23Cl2N3. The maximum Gasteiger partial charge on any atom is 0.147 e. The Hall–Kier alpha value is -0.510. The molecule has 3 nitrogen and oxygen atoms in total. The second-order valence-corrected chi connectivity index (χ2v) is 6.77. The van der Waals surface area contributed by atoms with Gasteiger partial charge in [-0.1, -0.05) is 18.0 Å². The van der Waals surface area contributed by atoms with Crippen molar-refractivity contribution in [3.05, 3.63) is 22.8 Å². The highest BCUT2D eigenvalue weighted by Crippen LogP contribution is 2.29. The van der Waals surface area contributed by atoms with Crippen molar-refractivity contribution in [1.29, 1.82) is 0 Å². The molecule has 0 bridgehead atoms. The standard InChI is InChI=1S/C16H23Cl2N3/c17-11-13-10-15(18)16(19-12-13)21-8-4-14(5-9-21)20-6-2-1-3-7-20/h10,12,14H,1-9,11H2. The van der Waals surface area contributed by atoms with E-state index in [4.69, 9.17) is 23.2 Å². The van der Waals surface area contributed by atoms with Crippen molar-refractivity contribution in [1.82, 2.24) is 9.88 Å². The first-order valence-corrected chi connectivity index (χ1v) is 8.88. The van der Waals surface area contributed by atoms with Crippen LogP contribution in [0.15, 0.2) is 12.3 Å². The van der Waals surface area contributed by atoms with Gasteiger partial charge in [0.25, 0.3) is 0 Å². The van der Waals surface area contributed by atoms with Gasteiger partial charge in [0.1, 0.15) is 5.82 Å². The van der Waals surface area contributed by atoms with Crippen LogP contribution in [-0.4, -0.2) is 42.1 Å². The fourth-order valence-corrected chi connectivity index (χ4v) is 3.96. The zero-order valence-corrected chi connectivity index (χ0v) is 13.9. The molecule has 21 heavy (non-hydrogen) atoms. The van der Waals surface area contributed by atoms with E-state index in [1.807, 2.05) is 12.3 Å². The van der Waals surface area contributed by atoms with Gasteiger partial charge < -0.3 is 9.80 Å². The summed E-state index contributed by atoms with van der Waals surface area (Å²) in [7, 11) is 0. The number of hydrogen-bond donors (Lipinski definition) is 0. The number of hydrogen-bond acceptors (Lipinski definition) is 3. The lowest BCUT2D eigenvalue weighted by molar-refractivity contribution is 0.141. The number of anilines is 1. The lowest BCUT2D eigenvalue weighted by Gasteiger charge is -2.40. The van der Waals surface area contributed by atoms with Crippen molar-refractivity contribution in [2.24, 2.45) is 0 Å². The molecule has 5 heteroatoms. The third-order valence-corrected chi connectivity index (χ3v) is 5.29. The van der Waals surface area contributed by atoms with Crippen LogP contribution in [-0.2, 0) is 5.88 Å². The average molecular weight is 328 g/mol. The van der Waals surface area contributed by atoms with E-state index in [-0.39, 0.29) is 0 Å². The summed E-state index contributed by atoms with van der Waals surface area (Å²) in [6.45, 7) is 4.67. The third kappa shape index (κ3) is 3.64. The molecule has 0 aliphatic carbocycles. The smallest absolute Gasteiger partial charge is 0.147 e. The Morgan fingerprint density at radius 1 is 1.10 bits per heavy atom. The van der Waals surface area contributed by atoms with Crippen LogP contribution in [0.25, 0.3) is 0 Å². The summed E-state index contributed by atoms with van der Waals surface area (Å²) < 4.78 is 0. The minimum absolute atomic E-state index is 0.462. The number of aromatic nitrogens is 1. The Morgan fingerprint density at radius 3 is 2.43 bits per heavy atom. The summed E-state index contributed by atoms with van der Waals surface area (Å²) in [5.74, 6) is 1.38. The Kier molecular flexibility index (Phi) is 5.25. The predicted octanol–water partition coefficient (Wildman–Crippen LogP) is 3.93. The van der Waals surface area contributed by atoms with E-state index >= 15 is 0 Å². The summed E-state index contributed by atoms with van der Waals surface area (Å²) in [5.41, 5.74) is 0.980. The molecule has 2 saturated heterocycles. The van der Waals surface area contributed by atoms with Crippen LogP contribution in [0.4, 0.5) is 5.82 Å². The molecule has 116 valence electrons. The number of nitrogens with zero attached hydrogens (tertiary/aromatic N) is 3. The summed E-state index contributed by atoms with van der Waals surface area (Å²) in [6.07, 6.45) is 8.41. The van der Waals surface area contributed by atoms with E-state index in [2.05, 4.69) is 14.8 Å². The van der Waals surface area contributed by atoms with Gasteiger partial charge in [-0.3, -0.25) is 0 Å². The van der Waals surface area contributed by atoms with Gasteiger partial charge in [-0.25, -0.2) is 4.98 Å². The molecular weight excluding hydrogens is 305 g/mol. The lowest BCUT2D eigenvalue weighted by Crippen LogP contribution is -2.47. The number of piperidine rings is 2. The van der Waals surface area contributed by atoms with E-state index < -0.39 is 0 Å². The van der Waals surface area contributed by atoms with Crippen LogP contribution in [0, 0.1) is 0 Å². The van der Waals surface area contributed by atoms with E-state index in [9.17, 15) is 0 Å². The Morgan fingerprint density at radius 2 is 1.81 bits per heavy atom. The largest absolute Gasteiger partial charge is 0.355 e. The van der Waals surface area contributed by atoms with Gasteiger partial charge in [-0.05, 0) is 50.4 Å². The molecule has 2 aliphatic heterocycles. The Bertz CT molecular complexity index is 467. The van der Waals surface area contributed by atoms with Crippen molar-refractivity contribution in [3.8, 4) is 0 Å². The molecule has 3 rings (SSSR count). The maximum atomic E-state index is 6.35. The zero-order valence-electron chi connectivity index (χ0n) is 12.4. The van der Waals surface area contributed by atoms with Gasteiger partial charge in [-0.15, -0.1) is 11.6 Å². The number of likely N-dealkylation sites (tertiary alicyclic amines) is 1. The molecule has 0 aromatic carbocycles. The average Bonchev–Trinajstić information content (AvgIpc) is 2.56. The fourth-order valence-electron chi connectivity index (χ4n) is 3.50. The normalized spacial score (nSPS) is 21.7. The molecule has 2 aliphatic rings. The first-order chi connectivity index (χ1) is 10.3. The van der Waals surface area contributed by atoms with Crippen LogP contribution in [0.1, 0.15) is 37.7 Å². The van der Waals surface area contributed by atoms with Crippen molar-refractivity contribution < 1.29 is 0 Å². The van der Waals surface area contributed by atoms with Crippen molar-refractivity contribution >= 4 is 29.0 Å². The number of halogens is 2. The summed E-state index contributed by atoms with van der Waals surface area (Å²) >= 11 is 12.2. The molecule has 0 radical (unpaired) electrons. The van der Waals surface area contributed by atoms with Crippen molar-refractivity contribution in [2.75, 3.05) is 31.1 Å². The van der Waals surface area contributed by atoms with E-state index in [1.54, 1.807) is 0 Å². The molecule has 1 aromatic rings. The highest BCUT2D eigenvalue weighted by Gasteiger charge is 2.26. The first kappa shape index (κ1) is 15.4. The molecule has 2 fully saturated rings. The molecule has 0 unspecified atom stereocenters. The predicted molar refractivity (Wildman–Crippen MR) is 89.5 cm³/mol. The molecule has 0 saturated carbocycles. The Balaban J connectivity index is 1.60. The van der Waals surface area contributed by atoms with Gasteiger partial charge in [-0.2, -0.15) is 0 Å². The second-order valence-electron chi connectivity index (χ2n) is 6.10. The summed E-state index contributed by atoms with van der Waals surface area (Å²) in [6, 6.07) is 2.69. The van der Waals surface area contributed by atoms with Gasteiger partial charge in [0.05, 0.1) is 5.02 Å². The summed E-state index contributed by atoms with van der Waals surface area (Å²) in [5, 5.41) is 0.726. The van der Waals surface area contributed by atoms with Crippen molar-refractivity contribution in [2.45, 2.75) is 44.0 Å². The number of alkyl halides is 1. The number of rotatable bonds is 3. The molecule has 1 aromatic heterocycles. The quantitative estimate of drug-likeness (QED) is 0.784.